The zero-order chi connectivity index (χ0) is 17.5. The van der Waals surface area contributed by atoms with Crippen molar-refractivity contribution < 1.29 is 9.59 Å². The number of rotatable bonds is 6. The molecule has 0 saturated heterocycles. The number of hydrogen-bond acceptors (Lipinski definition) is 3. The average molecular weight is 342 g/mol. The number of anilines is 1. The highest BCUT2D eigenvalue weighted by atomic mass is 32.2. The highest BCUT2D eigenvalue weighted by molar-refractivity contribution is 8.00. The second-order valence-electron chi connectivity index (χ2n) is 5.83. The maximum Gasteiger partial charge on any atom is 0.252 e. The van der Waals surface area contributed by atoms with E-state index in [-0.39, 0.29) is 23.6 Å². The quantitative estimate of drug-likeness (QED) is 0.784. The lowest BCUT2D eigenvalue weighted by Gasteiger charge is -2.12. The first-order valence-electron chi connectivity index (χ1n) is 7.85. The molecule has 0 aromatic heterocycles. The third-order valence-electron chi connectivity index (χ3n) is 3.25. The van der Waals surface area contributed by atoms with Gasteiger partial charge in [0.15, 0.2) is 0 Å². The third-order valence-corrected chi connectivity index (χ3v) is 4.32. The first-order chi connectivity index (χ1) is 11.5. The Bertz CT molecular complexity index is 712. The van der Waals surface area contributed by atoms with Crippen LogP contribution in [0.5, 0.6) is 0 Å². The molecule has 0 fully saturated rings. The number of carbonyl (C=O) groups excluding carboxylic acids is 2. The first kappa shape index (κ1) is 18.1. The van der Waals surface area contributed by atoms with Crippen molar-refractivity contribution in [1.82, 2.24) is 5.32 Å². The van der Waals surface area contributed by atoms with Gasteiger partial charge in [0.05, 0.1) is 11.3 Å². The van der Waals surface area contributed by atoms with Crippen LogP contribution in [0, 0.1) is 6.92 Å². The van der Waals surface area contributed by atoms with Crippen LogP contribution in [0.3, 0.4) is 0 Å². The van der Waals surface area contributed by atoms with E-state index in [4.69, 9.17) is 0 Å². The van der Waals surface area contributed by atoms with Crippen molar-refractivity contribution in [3.63, 3.8) is 0 Å². The van der Waals surface area contributed by atoms with Gasteiger partial charge in [-0.2, -0.15) is 0 Å². The first-order valence-corrected chi connectivity index (χ1v) is 8.83. The van der Waals surface area contributed by atoms with Gasteiger partial charge in [0.2, 0.25) is 5.91 Å². The molecule has 2 amide bonds. The molecule has 0 heterocycles. The molecule has 24 heavy (non-hydrogen) atoms. The summed E-state index contributed by atoms with van der Waals surface area (Å²) < 4.78 is 0. The van der Waals surface area contributed by atoms with Gasteiger partial charge in [0, 0.05) is 16.6 Å². The van der Waals surface area contributed by atoms with Crippen molar-refractivity contribution in [1.29, 1.82) is 0 Å². The second kappa shape index (κ2) is 8.55. The maximum absolute atomic E-state index is 12.2. The van der Waals surface area contributed by atoms with Crippen LogP contribution in [0.1, 0.15) is 29.8 Å². The van der Waals surface area contributed by atoms with Crippen LogP contribution in [0.15, 0.2) is 53.4 Å². The Morgan fingerprint density at radius 2 is 1.71 bits per heavy atom. The van der Waals surface area contributed by atoms with Gasteiger partial charge in [-0.05, 0) is 45.0 Å². The van der Waals surface area contributed by atoms with Crippen LogP contribution in [-0.2, 0) is 4.79 Å². The Morgan fingerprint density at radius 1 is 1.04 bits per heavy atom. The van der Waals surface area contributed by atoms with Gasteiger partial charge in [-0.1, -0.05) is 29.8 Å². The summed E-state index contributed by atoms with van der Waals surface area (Å²) >= 11 is 1.36. The molecule has 0 unspecified atom stereocenters. The molecule has 0 saturated carbocycles. The lowest BCUT2D eigenvalue weighted by Crippen LogP contribution is -2.30. The Balaban J connectivity index is 1.97. The monoisotopic (exact) mass is 342 g/mol. The zero-order valence-corrected chi connectivity index (χ0v) is 14.9. The minimum atomic E-state index is -0.118. The molecular formula is C19H22N2O2S. The van der Waals surface area contributed by atoms with Gasteiger partial charge in [-0.25, -0.2) is 0 Å². The number of hydrogen-bond donors (Lipinski definition) is 2. The van der Waals surface area contributed by atoms with E-state index in [0.29, 0.717) is 5.56 Å². The minimum absolute atomic E-state index is 0.0698. The van der Waals surface area contributed by atoms with E-state index in [2.05, 4.69) is 10.6 Å². The molecule has 4 nitrogen and oxygen atoms in total. The number of amides is 2. The SMILES string of the molecule is Cc1ccc(NC(=O)CSc2ccccc2C(=O)NC(C)C)cc1. The van der Waals surface area contributed by atoms with E-state index in [0.717, 1.165) is 16.1 Å². The number of aryl methyl sites for hydroxylation is 1. The second-order valence-corrected chi connectivity index (χ2v) is 6.84. The number of carbonyl (C=O) groups is 2. The largest absolute Gasteiger partial charge is 0.350 e. The van der Waals surface area contributed by atoms with E-state index in [1.54, 1.807) is 6.07 Å². The van der Waals surface area contributed by atoms with Gasteiger partial charge in [-0.15, -0.1) is 11.8 Å². The number of nitrogens with one attached hydrogen (secondary N) is 2. The van der Waals surface area contributed by atoms with Crippen LogP contribution in [0.4, 0.5) is 5.69 Å². The van der Waals surface area contributed by atoms with Gasteiger partial charge >= 0.3 is 0 Å². The van der Waals surface area contributed by atoms with Crippen LogP contribution in [-0.4, -0.2) is 23.6 Å². The Hall–Kier alpha value is -2.27. The topological polar surface area (TPSA) is 58.2 Å². The third kappa shape index (κ3) is 5.42. The molecule has 126 valence electrons. The summed E-state index contributed by atoms with van der Waals surface area (Å²) in [5.74, 6) is 0.0369. The molecule has 0 atom stereocenters. The van der Waals surface area contributed by atoms with Crippen LogP contribution < -0.4 is 10.6 Å². The van der Waals surface area contributed by atoms with Crippen molar-refractivity contribution >= 4 is 29.3 Å². The summed E-state index contributed by atoms with van der Waals surface area (Å²) in [6.07, 6.45) is 0. The molecule has 2 aromatic rings. The lowest BCUT2D eigenvalue weighted by atomic mass is 10.2. The predicted octanol–water partition coefficient (Wildman–Crippen LogP) is 3.86. The molecule has 5 heteroatoms. The van der Waals surface area contributed by atoms with E-state index in [9.17, 15) is 9.59 Å². The molecule has 0 aliphatic rings. The summed E-state index contributed by atoms with van der Waals surface area (Å²) in [6.45, 7) is 5.84. The molecule has 0 aliphatic carbocycles. The van der Waals surface area contributed by atoms with Crippen molar-refractivity contribution in [2.45, 2.75) is 31.7 Å². The van der Waals surface area contributed by atoms with Crippen molar-refractivity contribution in [2.24, 2.45) is 0 Å². The fourth-order valence-electron chi connectivity index (χ4n) is 2.10. The standard InChI is InChI=1S/C19H22N2O2S/c1-13(2)20-19(23)16-6-4-5-7-17(16)24-12-18(22)21-15-10-8-14(3)9-11-15/h4-11,13H,12H2,1-3H3,(H,20,23)(H,21,22). The Morgan fingerprint density at radius 3 is 2.38 bits per heavy atom. The summed E-state index contributed by atoms with van der Waals surface area (Å²) in [7, 11) is 0. The number of thioether (sulfide) groups is 1. The molecule has 2 N–H and O–H groups in total. The smallest absolute Gasteiger partial charge is 0.252 e. The minimum Gasteiger partial charge on any atom is -0.350 e. The summed E-state index contributed by atoms with van der Waals surface area (Å²) in [4.78, 5) is 25.1. The van der Waals surface area contributed by atoms with Crippen molar-refractivity contribution in [3.8, 4) is 0 Å². The van der Waals surface area contributed by atoms with Crippen LogP contribution >= 0.6 is 11.8 Å². The summed E-state index contributed by atoms with van der Waals surface area (Å²) in [6, 6.07) is 15.1. The van der Waals surface area contributed by atoms with E-state index < -0.39 is 0 Å². The molecule has 2 aromatic carbocycles. The molecule has 0 bridgehead atoms. The van der Waals surface area contributed by atoms with Crippen molar-refractivity contribution in [3.05, 3.63) is 59.7 Å². The van der Waals surface area contributed by atoms with E-state index >= 15 is 0 Å². The fraction of sp³-hybridized carbons (Fsp3) is 0.263. The highest BCUT2D eigenvalue weighted by Crippen LogP contribution is 2.23. The lowest BCUT2D eigenvalue weighted by molar-refractivity contribution is -0.113. The van der Waals surface area contributed by atoms with Gasteiger partial charge in [-0.3, -0.25) is 9.59 Å². The molecule has 2 rings (SSSR count). The Labute approximate surface area is 147 Å². The number of benzene rings is 2. The average Bonchev–Trinajstić information content (AvgIpc) is 2.55. The zero-order valence-electron chi connectivity index (χ0n) is 14.1. The van der Waals surface area contributed by atoms with Crippen molar-refractivity contribution in [2.75, 3.05) is 11.1 Å². The van der Waals surface area contributed by atoms with Crippen LogP contribution in [0.25, 0.3) is 0 Å². The highest BCUT2D eigenvalue weighted by Gasteiger charge is 2.13. The van der Waals surface area contributed by atoms with E-state index in [1.807, 2.05) is 63.2 Å². The van der Waals surface area contributed by atoms with Gasteiger partial charge in [0.25, 0.3) is 5.91 Å². The molecule has 0 radical (unpaired) electrons. The molecular weight excluding hydrogens is 320 g/mol. The molecule has 0 spiro atoms. The van der Waals surface area contributed by atoms with Gasteiger partial charge in [0.1, 0.15) is 0 Å². The Kier molecular flexibility index (Phi) is 6.44. The molecule has 0 aliphatic heterocycles. The summed E-state index contributed by atoms with van der Waals surface area (Å²) in [5.41, 5.74) is 2.52. The maximum atomic E-state index is 12.2. The summed E-state index contributed by atoms with van der Waals surface area (Å²) in [5, 5.41) is 5.74. The van der Waals surface area contributed by atoms with E-state index in [1.165, 1.54) is 11.8 Å². The van der Waals surface area contributed by atoms with Crippen LogP contribution in [0.2, 0.25) is 0 Å². The van der Waals surface area contributed by atoms with Gasteiger partial charge < -0.3 is 10.6 Å². The fourth-order valence-corrected chi connectivity index (χ4v) is 2.95. The normalized spacial score (nSPS) is 10.5. The predicted molar refractivity (Wildman–Crippen MR) is 99.6 cm³/mol.